The number of amides is 4. The number of carbonyl (C=O) groups excluding carboxylic acids is 4. The minimum Gasteiger partial charge on any atom is -0.447 e. The average Bonchev–Trinajstić information content (AvgIpc) is 3.44. The molecule has 2 unspecified atom stereocenters. The van der Waals surface area contributed by atoms with Gasteiger partial charge in [-0.3, -0.25) is 19.3 Å². The fraction of sp³-hybridized carbons (Fsp3) is 0.290. The summed E-state index contributed by atoms with van der Waals surface area (Å²) < 4.78 is 5.13. The van der Waals surface area contributed by atoms with E-state index in [1.54, 1.807) is 24.3 Å². The maximum Gasteiger partial charge on any atom is 0.416 e. The fourth-order valence-electron chi connectivity index (χ4n) is 5.22. The molecule has 7 nitrogen and oxygen atoms in total. The van der Waals surface area contributed by atoms with Crippen LogP contribution in [0.25, 0.3) is 11.1 Å². The van der Waals surface area contributed by atoms with Crippen molar-refractivity contribution < 1.29 is 23.9 Å². The molecule has 194 valence electrons. The van der Waals surface area contributed by atoms with E-state index in [1.165, 1.54) is 9.80 Å². The van der Waals surface area contributed by atoms with Crippen LogP contribution >= 0.6 is 0 Å². The van der Waals surface area contributed by atoms with Crippen molar-refractivity contribution in [2.45, 2.75) is 45.2 Å². The smallest absolute Gasteiger partial charge is 0.416 e. The molecule has 0 aliphatic carbocycles. The molecule has 5 rings (SSSR count). The minimum atomic E-state index is -0.637. The van der Waals surface area contributed by atoms with Crippen molar-refractivity contribution in [3.8, 4) is 11.1 Å². The van der Waals surface area contributed by atoms with E-state index in [-0.39, 0.29) is 49.1 Å². The number of benzene rings is 3. The summed E-state index contributed by atoms with van der Waals surface area (Å²) in [6.45, 7) is 4.05. The van der Waals surface area contributed by atoms with Crippen molar-refractivity contribution >= 4 is 23.8 Å². The Morgan fingerprint density at radius 2 is 1.42 bits per heavy atom. The van der Waals surface area contributed by atoms with Crippen molar-refractivity contribution in [1.29, 1.82) is 0 Å². The second-order valence-corrected chi connectivity index (χ2v) is 10.1. The number of carbonyl (C=O) groups is 4. The first-order chi connectivity index (χ1) is 18.3. The molecular weight excluding hydrogens is 480 g/mol. The maximum absolute atomic E-state index is 13.3. The Bertz CT molecular complexity index is 1330. The summed E-state index contributed by atoms with van der Waals surface area (Å²) in [4.78, 5) is 54.5. The lowest BCUT2D eigenvalue weighted by molar-refractivity contribution is -0.130. The molecular formula is C31H30N2O5. The molecule has 0 spiro atoms. The third-order valence-corrected chi connectivity index (χ3v) is 7.36. The topological polar surface area (TPSA) is 84.0 Å². The summed E-state index contributed by atoms with van der Waals surface area (Å²) in [6.07, 6.45) is 0.00597. The van der Waals surface area contributed by atoms with Gasteiger partial charge in [-0.15, -0.1) is 0 Å². The highest BCUT2D eigenvalue weighted by Crippen LogP contribution is 2.29. The molecule has 1 fully saturated rings. The van der Waals surface area contributed by atoms with E-state index >= 15 is 0 Å². The Hall–Kier alpha value is -4.26. The van der Waals surface area contributed by atoms with Crippen molar-refractivity contribution in [1.82, 2.24) is 9.80 Å². The van der Waals surface area contributed by atoms with Crippen LogP contribution in [-0.4, -0.2) is 52.3 Å². The van der Waals surface area contributed by atoms with Gasteiger partial charge in [-0.1, -0.05) is 80.6 Å². The van der Waals surface area contributed by atoms with Gasteiger partial charge < -0.3 is 4.74 Å². The molecule has 0 aromatic heterocycles. The van der Waals surface area contributed by atoms with E-state index < -0.39 is 12.1 Å². The molecule has 0 N–H and O–H groups in total. The average molecular weight is 511 g/mol. The largest absolute Gasteiger partial charge is 0.447 e. The SMILES string of the molecule is CC(C)C1COC(=O)N1C(=O)CCC(Cc1ccc(-c2ccccc2)cc1)N1C(=O)c2ccccc2C1=O. The zero-order chi connectivity index (χ0) is 26.8. The Balaban J connectivity index is 1.38. The first-order valence-electron chi connectivity index (χ1n) is 12.9. The second-order valence-electron chi connectivity index (χ2n) is 10.1. The standard InChI is InChI=1S/C31H30N2O5/c1-20(2)27-19-38-31(37)33(27)28(34)17-16-24(32-29(35)25-10-6-7-11-26(25)30(32)36)18-21-12-14-23(15-13-21)22-8-4-3-5-9-22/h3-15,20,24,27H,16-19H2,1-2H3. The van der Waals surface area contributed by atoms with E-state index in [4.69, 9.17) is 4.74 Å². The second kappa shape index (κ2) is 10.6. The van der Waals surface area contributed by atoms with Crippen molar-refractivity contribution in [3.63, 3.8) is 0 Å². The fourth-order valence-corrected chi connectivity index (χ4v) is 5.22. The van der Waals surface area contributed by atoms with Gasteiger partial charge in [-0.2, -0.15) is 0 Å². The van der Waals surface area contributed by atoms with Crippen LogP contribution in [0.4, 0.5) is 4.79 Å². The van der Waals surface area contributed by atoms with Gasteiger partial charge in [0.25, 0.3) is 11.8 Å². The van der Waals surface area contributed by atoms with Crippen LogP contribution in [0.1, 0.15) is 53.0 Å². The van der Waals surface area contributed by atoms with Crippen LogP contribution in [0, 0.1) is 5.92 Å². The summed E-state index contributed by atoms with van der Waals surface area (Å²) in [6, 6.07) is 23.9. The molecule has 2 aliphatic heterocycles. The quantitative estimate of drug-likeness (QED) is 0.382. The normalized spacial score (nSPS) is 17.7. The molecule has 4 amide bonds. The van der Waals surface area contributed by atoms with Gasteiger partial charge in [0.2, 0.25) is 5.91 Å². The van der Waals surface area contributed by atoms with Gasteiger partial charge >= 0.3 is 6.09 Å². The molecule has 38 heavy (non-hydrogen) atoms. The van der Waals surface area contributed by atoms with Crippen molar-refractivity contribution in [3.05, 3.63) is 95.6 Å². The van der Waals surface area contributed by atoms with Gasteiger partial charge in [0, 0.05) is 12.5 Å². The summed E-state index contributed by atoms with van der Waals surface area (Å²) in [5, 5.41) is 0. The first-order valence-corrected chi connectivity index (χ1v) is 12.9. The van der Waals surface area contributed by atoms with Crippen LogP contribution in [0.3, 0.4) is 0 Å². The lowest BCUT2D eigenvalue weighted by Crippen LogP contribution is -2.44. The van der Waals surface area contributed by atoms with Gasteiger partial charge in [-0.05, 0) is 47.6 Å². The van der Waals surface area contributed by atoms with Gasteiger partial charge in [0.15, 0.2) is 0 Å². The highest BCUT2D eigenvalue weighted by molar-refractivity contribution is 6.21. The Morgan fingerprint density at radius 1 is 0.842 bits per heavy atom. The van der Waals surface area contributed by atoms with E-state index in [0.717, 1.165) is 16.7 Å². The minimum absolute atomic E-state index is 0.0124. The molecule has 1 saturated heterocycles. The number of rotatable bonds is 8. The number of fused-ring (bicyclic) bond motifs is 1. The van der Waals surface area contributed by atoms with Crippen LogP contribution in [-0.2, 0) is 16.0 Å². The predicted octanol–water partition coefficient (Wildman–Crippen LogP) is 5.34. The highest BCUT2D eigenvalue weighted by atomic mass is 16.6. The number of hydrogen-bond acceptors (Lipinski definition) is 5. The Morgan fingerprint density at radius 3 is 2.03 bits per heavy atom. The predicted molar refractivity (Wildman–Crippen MR) is 142 cm³/mol. The lowest BCUT2D eigenvalue weighted by Gasteiger charge is -2.28. The summed E-state index contributed by atoms with van der Waals surface area (Å²) in [7, 11) is 0. The molecule has 0 bridgehead atoms. The zero-order valence-corrected chi connectivity index (χ0v) is 21.5. The number of imide groups is 2. The zero-order valence-electron chi connectivity index (χ0n) is 21.5. The van der Waals surface area contributed by atoms with E-state index in [9.17, 15) is 19.2 Å². The first kappa shape index (κ1) is 25.4. The molecule has 0 radical (unpaired) electrons. The Kier molecular flexibility index (Phi) is 7.09. The number of hydrogen-bond donors (Lipinski definition) is 0. The molecule has 3 aromatic carbocycles. The van der Waals surface area contributed by atoms with Crippen LogP contribution in [0.15, 0.2) is 78.9 Å². The third-order valence-electron chi connectivity index (χ3n) is 7.36. The molecule has 0 saturated carbocycles. The van der Waals surface area contributed by atoms with Crippen molar-refractivity contribution in [2.24, 2.45) is 5.92 Å². The molecule has 2 heterocycles. The van der Waals surface area contributed by atoms with Crippen LogP contribution < -0.4 is 0 Å². The van der Waals surface area contributed by atoms with Crippen LogP contribution in [0.5, 0.6) is 0 Å². The van der Waals surface area contributed by atoms with Gasteiger partial charge in [-0.25, -0.2) is 9.69 Å². The van der Waals surface area contributed by atoms with E-state index in [1.807, 2.05) is 68.4 Å². The van der Waals surface area contributed by atoms with E-state index in [0.29, 0.717) is 17.5 Å². The molecule has 3 aromatic rings. The van der Waals surface area contributed by atoms with E-state index in [2.05, 4.69) is 0 Å². The summed E-state index contributed by atoms with van der Waals surface area (Å²) in [5.41, 5.74) is 3.85. The van der Waals surface area contributed by atoms with Crippen LogP contribution in [0.2, 0.25) is 0 Å². The lowest BCUT2D eigenvalue weighted by atomic mass is 9.97. The number of ether oxygens (including phenoxy) is 1. The maximum atomic E-state index is 13.3. The summed E-state index contributed by atoms with van der Waals surface area (Å²) in [5.74, 6) is -1.01. The third kappa shape index (κ3) is 4.84. The van der Waals surface area contributed by atoms with Gasteiger partial charge in [0.05, 0.1) is 17.2 Å². The molecule has 2 atom stereocenters. The number of nitrogens with zero attached hydrogens (tertiary/aromatic N) is 2. The van der Waals surface area contributed by atoms with Crippen molar-refractivity contribution in [2.75, 3.05) is 6.61 Å². The number of cyclic esters (lactones) is 1. The molecule has 2 aliphatic rings. The summed E-state index contributed by atoms with van der Waals surface area (Å²) >= 11 is 0. The Labute approximate surface area is 222 Å². The highest BCUT2D eigenvalue weighted by Gasteiger charge is 2.42. The molecule has 7 heteroatoms. The van der Waals surface area contributed by atoms with Gasteiger partial charge in [0.1, 0.15) is 6.61 Å². The monoisotopic (exact) mass is 510 g/mol.